The van der Waals surface area contributed by atoms with Crippen LogP contribution in [0.5, 0.6) is 5.75 Å². The van der Waals surface area contributed by atoms with Crippen molar-refractivity contribution in [1.82, 2.24) is 9.38 Å². The van der Waals surface area contributed by atoms with Crippen LogP contribution in [-0.4, -0.2) is 21.5 Å². The molecule has 0 saturated carbocycles. The number of hydrogen-bond acceptors (Lipinski definition) is 4. The zero-order chi connectivity index (χ0) is 15.7. The summed E-state index contributed by atoms with van der Waals surface area (Å²) in [5.41, 5.74) is 9.20. The lowest BCUT2D eigenvalue weighted by Gasteiger charge is -2.09. The van der Waals surface area contributed by atoms with Gasteiger partial charge in [-0.1, -0.05) is 0 Å². The summed E-state index contributed by atoms with van der Waals surface area (Å²) in [4.78, 5) is 5.71. The van der Waals surface area contributed by atoms with Crippen LogP contribution < -0.4 is 10.5 Å². The Morgan fingerprint density at radius 3 is 2.59 bits per heavy atom. The summed E-state index contributed by atoms with van der Waals surface area (Å²) in [5.74, 6) is 0.886. The molecule has 0 amide bonds. The number of aromatic nitrogens is 2. The molecule has 0 fully saturated rings. The van der Waals surface area contributed by atoms with Crippen LogP contribution in [0.3, 0.4) is 0 Å². The van der Waals surface area contributed by atoms with Crippen molar-refractivity contribution in [3.8, 4) is 17.0 Å². The predicted molar refractivity (Wildman–Crippen MR) is 91.6 cm³/mol. The van der Waals surface area contributed by atoms with E-state index in [1.165, 1.54) is 5.69 Å². The monoisotopic (exact) mass is 315 g/mol. The molecule has 0 radical (unpaired) electrons. The van der Waals surface area contributed by atoms with Gasteiger partial charge in [-0.2, -0.15) is 0 Å². The first-order valence-corrected chi connectivity index (χ1v) is 8.39. The molecule has 0 bridgehead atoms. The summed E-state index contributed by atoms with van der Waals surface area (Å²) < 4.78 is 7.82. The van der Waals surface area contributed by atoms with Crippen molar-refractivity contribution < 1.29 is 4.74 Å². The molecule has 0 aliphatic heterocycles. The molecule has 0 aliphatic carbocycles. The zero-order valence-electron chi connectivity index (χ0n) is 13.1. The first kappa shape index (κ1) is 15.1. The zero-order valence-corrected chi connectivity index (χ0v) is 13.9. The third-order valence-electron chi connectivity index (χ3n) is 3.34. The molecule has 5 heteroatoms. The Kier molecular flexibility index (Phi) is 4.18. The fourth-order valence-corrected chi connectivity index (χ4v) is 3.31. The SMILES string of the molecule is CC(N)Cc1csc2nc(-c3ccc(OC(C)C)cc3)cn12. The average Bonchev–Trinajstić information content (AvgIpc) is 3.01. The van der Waals surface area contributed by atoms with Crippen LogP contribution in [0.25, 0.3) is 16.2 Å². The first-order chi connectivity index (χ1) is 10.5. The number of hydrogen-bond donors (Lipinski definition) is 1. The number of benzene rings is 1. The normalized spacial score (nSPS) is 13.0. The maximum atomic E-state index is 5.91. The van der Waals surface area contributed by atoms with Gasteiger partial charge in [0.25, 0.3) is 0 Å². The van der Waals surface area contributed by atoms with Crippen molar-refractivity contribution in [2.24, 2.45) is 5.73 Å². The molecule has 0 aliphatic rings. The second-order valence-electron chi connectivity index (χ2n) is 5.88. The summed E-state index contributed by atoms with van der Waals surface area (Å²) >= 11 is 1.65. The highest BCUT2D eigenvalue weighted by Gasteiger charge is 2.11. The Labute approximate surface area is 134 Å². The molecule has 22 heavy (non-hydrogen) atoms. The lowest BCUT2D eigenvalue weighted by molar-refractivity contribution is 0.242. The summed E-state index contributed by atoms with van der Waals surface area (Å²) in [5, 5.41) is 2.13. The van der Waals surface area contributed by atoms with Gasteiger partial charge in [-0.3, -0.25) is 4.40 Å². The Morgan fingerprint density at radius 2 is 1.95 bits per heavy atom. The predicted octanol–water partition coefficient (Wildman–Crippen LogP) is 3.74. The van der Waals surface area contributed by atoms with E-state index >= 15 is 0 Å². The number of nitrogens with two attached hydrogens (primary N) is 1. The van der Waals surface area contributed by atoms with Gasteiger partial charge in [0.05, 0.1) is 11.8 Å². The van der Waals surface area contributed by atoms with E-state index in [0.29, 0.717) is 0 Å². The molecule has 1 atom stereocenters. The Balaban J connectivity index is 1.88. The number of thiazole rings is 1. The molecule has 3 aromatic rings. The van der Waals surface area contributed by atoms with E-state index in [2.05, 4.69) is 28.1 Å². The standard InChI is InChI=1S/C17H21N3OS/c1-11(2)21-15-6-4-13(5-7-15)16-9-20-14(8-12(3)18)10-22-17(20)19-16/h4-7,9-12H,8,18H2,1-3H3. The largest absolute Gasteiger partial charge is 0.491 e. The third kappa shape index (κ3) is 3.15. The van der Waals surface area contributed by atoms with Gasteiger partial charge < -0.3 is 10.5 Å². The average molecular weight is 315 g/mol. The molecule has 2 N–H and O–H groups in total. The minimum atomic E-state index is 0.149. The smallest absolute Gasteiger partial charge is 0.194 e. The topological polar surface area (TPSA) is 52.5 Å². The second-order valence-corrected chi connectivity index (χ2v) is 6.71. The van der Waals surface area contributed by atoms with E-state index in [1.807, 2.05) is 32.9 Å². The van der Waals surface area contributed by atoms with Crippen LogP contribution in [0.4, 0.5) is 0 Å². The molecule has 4 nitrogen and oxygen atoms in total. The Hall–Kier alpha value is -1.85. The molecular formula is C17H21N3OS. The van der Waals surface area contributed by atoms with E-state index in [9.17, 15) is 0 Å². The molecule has 0 spiro atoms. The van der Waals surface area contributed by atoms with Crippen molar-refractivity contribution in [3.63, 3.8) is 0 Å². The van der Waals surface area contributed by atoms with Crippen molar-refractivity contribution in [1.29, 1.82) is 0 Å². The van der Waals surface area contributed by atoms with Crippen molar-refractivity contribution >= 4 is 16.3 Å². The molecule has 116 valence electrons. The molecule has 0 saturated heterocycles. The van der Waals surface area contributed by atoms with Crippen LogP contribution in [0.1, 0.15) is 26.5 Å². The van der Waals surface area contributed by atoms with E-state index in [1.54, 1.807) is 11.3 Å². The second kappa shape index (κ2) is 6.10. The van der Waals surface area contributed by atoms with E-state index < -0.39 is 0 Å². The Morgan fingerprint density at radius 1 is 1.23 bits per heavy atom. The third-order valence-corrected chi connectivity index (χ3v) is 4.23. The van der Waals surface area contributed by atoms with Crippen molar-refractivity contribution in [3.05, 3.63) is 41.5 Å². The number of fused-ring (bicyclic) bond motifs is 1. The molecule has 2 aromatic heterocycles. The van der Waals surface area contributed by atoms with E-state index in [4.69, 9.17) is 15.5 Å². The minimum absolute atomic E-state index is 0.149. The van der Waals surface area contributed by atoms with Gasteiger partial charge in [-0.25, -0.2) is 4.98 Å². The van der Waals surface area contributed by atoms with Gasteiger partial charge in [0.15, 0.2) is 4.96 Å². The number of nitrogens with zero attached hydrogens (tertiary/aromatic N) is 2. The molecule has 1 unspecified atom stereocenters. The van der Waals surface area contributed by atoms with Gasteiger partial charge in [0.1, 0.15) is 5.75 Å². The number of rotatable bonds is 5. The van der Waals surface area contributed by atoms with Crippen LogP contribution in [0, 0.1) is 0 Å². The van der Waals surface area contributed by atoms with Crippen molar-refractivity contribution in [2.45, 2.75) is 39.3 Å². The summed E-state index contributed by atoms with van der Waals surface area (Å²) in [7, 11) is 0. The highest BCUT2D eigenvalue weighted by Crippen LogP contribution is 2.26. The lowest BCUT2D eigenvalue weighted by atomic mass is 10.1. The van der Waals surface area contributed by atoms with Crippen LogP contribution in [-0.2, 0) is 6.42 Å². The number of imidazole rings is 1. The maximum absolute atomic E-state index is 5.91. The molecule has 1 aromatic carbocycles. The Bertz CT molecular complexity index is 756. The van der Waals surface area contributed by atoms with Gasteiger partial charge in [-0.15, -0.1) is 11.3 Å². The summed E-state index contributed by atoms with van der Waals surface area (Å²) in [6.45, 7) is 6.07. The summed E-state index contributed by atoms with van der Waals surface area (Å²) in [6, 6.07) is 8.23. The maximum Gasteiger partial charge on any atom is 0.194 e. The van der Waals surface area contributed by atoms with Gasteiger partial charge in [0, 0.05) is 35.3 Å². The van der Waals surface area contributed by atoms with Gasteiger partial charge in [0.2, 0.25) is 0 Å². The van der Waals surface area contributed by atoms with Crippen molar-refractivity contribution in [2.75, 3.05) is 0 Å². The highest BCUT2D eigenvalue weighted by atomic mass is 32.1. The fourth-order valence-electron chi connectivity index (χ4n) is 2.42. The van der Waals surface area contributed by atoms with Crippen LogP contribution >= 0.6 is 11.3 Å². The van der Waals surface area contributed by atoms with Crippen LogP contribution in [0.2, 0.25) is 0 Å². The quantitative estimate of drug-likeness (QED) is 0.780. The molecular weight excluding hydrogens is 294 g/mol. The summed E-state index contributed by atoms with van der Waals surface area (Å²) in [6.07, 6.45) is 3.13. The minimum Gasteiger partial charge on any atom is -0.491 e. The van der Waals surface area contributed by atoms with E-state index in [0.717, 1.165) is 28.4 Å². The lowest BCUT2D eigenvalue weighted by Crippen LogP contribution is -2.18. The fraction of sp³-hybridized carbons (Fsp3) is 0.353. The molecule has 3 rings (SSSR count). The highest BCUT2D eigenvalue weighted by molar-refractivity contribution is 7.15. The van der Waals surface area contributed by atoms with Crippen LogP contribution in [0.15, 0.2) is 35.8 Å². The molecule has 2 heterocycles. The van der Waals surface area contributed by atoms with Gasteiger partial charge in [-0.05, 0) is 45.0 Å². The van der Waals surface area contributed by atoms with Gasteiger partial charge >= 0.3 is 0 Å². The van der Waals surface area contributed by atoms with E-state index in [-0.39, 0.29) is 12.1 Å². The number of ether oxygens (including phenoxy) is 1. The first-order valence-electron chi connectivity index (χ1n) is 7.51.